The summed E-state index contributed by atoms with van der Waals surface area (Å²) >= 11 is 0. The second-order valence-electron chi connectivity index (χ2n) is 5.83. The maximum atomic E-state index is 4.67. The maximum absolute atomic E-state index is 4.67. The van der Waals surface area contributed by atoms with Gasteiger partial charge in [-0.05, 0) is 25.2 Å². The molecule has 2 aromatic rings. The lowest BCUT2D eigenvalue weighted by Gasteiger charge is -2.22. The summed E-state index contributed by atoms with van der Waals surface area (Å²) in [7, 11) is 1.85. The minimum atomic E-state index is 0.649. The van der Waals surface area contributed by atoms with Crippen molar-refractivity contribution in [2.45, 2.75) is 39.0 Å². The van der Waals surface area contributed by atoms with Gasteiger partial charge in [0, 0.05) is 20.1 Å². The molecule has 0 amide bonds. The number of anilines is 2. The van der Waals surface area contributed by atoms with Crippen molar-refractivity contribution < 1.29 is 0 Å². The van der Waals surface area contributed by atoms with Gasteiger partial charge < -0.3 is 10.2 Å². The molecule has 21 heavy (non-hydrogen) atoms. The van der Waals surface area contributed by atoms with Gasteiger partial charge in [0.15, 0.2) is 5.65 Å². The van der Waals surface area contributed by atoms with Gasteiger partial charge >= 0.3 is 0 Å². The van der Waals surface area contributed by atoms with E-state index in [0.717, 1.165) is 35.9 Å². The number of nitrogens with zero attached hydrogens (tertiary/aromatic N) is 4. The third-order valence-electron chi connectivity index (χ3n) is 4.36. The first-order valence-electron chi connectivity index (χ1n) is 7.95. The van der Waals surface area contributed by atoms with Crippen LogP contribution >= 0.6 is 0 Å². The Morgan fingerprint density at radius 3 is 3.05 bits per heavy atom. The van der Waals surface area contributed by atoms with Crippen molar-refractivity contribution in [2.75, 3.05) is 30.4 Å². The molecule has 0 aliphatic carbocycles. The molecule has 1 atom stereocenters. The first kappa shape index (κ1) is 14.1. The van der Waals surface area contributed by atoms with Crippen LogP contribution in [0.2, 0.25) is 0 Å². The Hall–Kier alpha value is -1.85. The van der Waals surface area contributed by atoms with Crippen LogP contribution in [0.3, 0.4) is 0 Å². The van der Waals surface area contributed by atoms with Crippen molar-refractivity contribution in [1.29, 1.82) is 0 Å². The van der Waals surface area contributed by atoms with Gasteiger partial charge in [-0.3, -0.25) is 5.10 Å². The molecular formula is C15H24N6. The Labute approximate surface area is 125 Å². The normalized spacial score (nSPS) is 19.7. The van der Waals surface area contributed by atoms with Crippen molar-refractivity contribution in [3.05, 3.63) is 6.20 Å². The van der Waals surface area contributed by atoms with Gasteiger partial charge in [0.1, 0.15) is 5.82 Å². The SMILES string of the molecule is CCCC1CCCN(c2nc(NC)nc3[nH]ncc23)CC1. The minimum Gasteiger partial charge on any atom is -0.357 e. The average molecular weight is 288 g/mol. The average Bonchev–Trinajstić information content (AvgIpc) is 2.86. The van der Waals surface area contributed by atoms with Gasteiger partial charge in [-0.2, -0.15) is 15.1 Å². The molecule has 0 aromatic carbocycles. The number of hydrogen-bond donors (Lipinski definition) is 2. The molecule has 1 aliphatic rings. The van der Waals surface area contributed by atoms with Gasteiger partial charge in [-0.1, -0.05) is 19.8 Å². The number of aromatic amines is 1. The lowest BCUT2D eigenvalue weighted by atomic mass is 9.96. The monoisotopic (exact) mass is 288 g/mol. The lowest BCUT2D eigenvalue weighted by Crippen LogP contribution is -2.25. The van der Waals surface area contributed by atoms with E-state index >= 15 is 0 Å². The molecule has 6 heteroatoms. The number of aromatic nitrogens is 4. The molecule has 2 aromatic heterocycles. The summed E-state index contributed by atoms with van der Waals surface area (Å²) in [6, 6.07) is 0. The predicted molar refractivity (Wildman–Crippen MR) is 85.7 cm³/mol. The molecule has 0 bridgehead atoms. The van der Waals surface area contributed by atoms with Crippen molar-refractivity contribution in [1.82, 2.24) is 20.2 Å². The molecule has 6 nitrogen and oxygen atoms in total. The zero-order chi connectivity index (χ0) is 14.7. The summed E-state index contributed by atoms with van der Waals surface area (Å²) in [4.78, 5) is 11.5. The van der Waals surface area contributed by atoms with Crippen molar-refractivity contribution in [2.24, 2.45) is 5.92 Å². The minimum absolute atomic E-state index is 0.649. The standard InChI is InChI=1S/C15H24N6/c1-3-5-11-6-4-8-21(9-7-11)14-12-10-17-20-13(12)18-15(16-2)19-14/h10-11H,3-9H2,1-2H3,(H2,16,17,18,19,20). The van der Waals surface area contributed by atoms with E-state index in [1.54, 1.807) is 0 Å². The highest BCUT2D eigenvalue weighted by atomic mass is 15.3. The molecule has 0 radical (unpaired) electrons. The van der Waals surface area contributed by atoms with Gasteiger partial charge in [-0.15, -0.1) is 0 Å². The van der Waals surface area contributed by atoms with Crippen LogP contribution in [0, 0.1) is 5.92 Å². The van der Waals surface area contributed by atoms with Crippen LogP contribution in [0.1, 0.15) is 39.0 Å². The third kappa shape index (κ3) is 2.94. The fourth-order valence-corrected chi connectivity index (χ4v) is 3.25. The fraction of sp³-hybridized carbons (Fsp3) is 0.667. The molecule has 1 unspecified atom stereocenters. The van der Waals surface area contributed by atoms with E-state index in [1.807, 2.05) is 13.2 Å². The number of H-pyrrole nitrogens is 1. The number of fused-ring (bicyclic) bond motifs is 1. The quantitative estimate of drug-likeness (QED) is 0.905. The highest BCUT2D eigenvalue weighted by Crippen LogP contribution is 2.28. The summed E-state index contributed by atoms with van der Waals surface area (Å²) in [6.45, 7) is 4.42. The van der Waals surface area contributed by atoms with Crippen LogP contribution in [0.15, 0.2) is 6.20 Å². The second kappa shape index (κ2) is 6.28. The Morgan fingerprint density at radius 2 is 2.24 bits per heavy atom. The zero-order valence-electron chi connectivity index (χ0n) is 12.9. The molecule has 114 valence electrons. The van der Waals surface area contributed by atoms with E-state index in [-0.39, 0.29) is 0 Å². The predicted octanol–water partition coefficient (Wildman–Crippen LogP) is 2.80. The first-order chi connectivity index (χ1) is 10.3. The summed E-state index contributed by atoms with van der Waals surface area (Å²) in [5.74, 6) is 2.52. The smallest absolute Gasteiger partial charge is 0.226 e. The maximum Gasteiger partial charge on any atom is 0.226 e. The van der Waals surface area contributed by atoms with Gasteiger partial charge in [0.25, 0.3) is 0 Å². The molecule has 0 saturated carbocycles. The van der Waals surface area contributed by atoms with Gasteiger partial charge in [0.2, 0.25) is 5.95 Å². The Morgan fingerprint density at radius 1 is 1.33 bits per heavy atom. The Balaban J connectivity index is 1.87. The number of nitrogens with one attached hydrogen (secondary N) is 2. The summed E-state index contributed by atoms with van der Waals surface area (Å²) in [5, 5.41) is 11.1. The molecule has 3 rings (SSSR count). The summed E-state index contributed by atoms with van der Waals surface area (Å²) < 4.78 is 0. The third-order valence-corrected chi connectivity index (χ3v) is 4.36. The lowest BCUT2D eigenvalue weighted by molar-refractivity contribution is 0.435. The van der Waals surface area contributed by atoms with E-state index in [4.69, 9.17) is 0 Å². The van der Waals surface area contributed by atoms with Crippen molar-refractivity contribution >= 4 is 22.8 Å². The summed E-state index contributed by atoms with van der Waals surface area (Å²) in [5.41, 5.74) is 0.804. The molecule has 1 saturated heterocycles. The zero-order valence-corrected chi connectivity index (χ0v) is 12.9. The van der Waals surface area contributed by atoms with Gasteiger partial charge in [0.05, 0.1) is 11.6 Å². The van der Waals surface area contributed by atoms with E-state index in [2.05, 4.69) is 37.3 Å². The first-order valence-corrected chi connectivity index (χ1v) is 7.95. The van der Waals surface area contributed by atoms with Gasteiger partial charge in [-0.25, -0.2) is 0 Å². The largest absolute Gasteiger partial charge is 0.357 e. The highest BCUT2D eigenvalue weighted by Gasteiger charge is 2.20. The molecule has 1 aliphatic heterocycles. The topological polar surface area (TPSA) is 69.7 Å². The molecule has 1 fully saturated rings. The van der Waals surface area contributed by atoms with Crippen LogP contribution in [0.5, 0.6) is 0 Å². The Kier molecular flexibility index (Phi) is 4.22. The second-order valence-corrected chi connectivity index (χ2v) is 5.83. The van der Waals surface area contributed by atoms with Crippen LogP contribution in [0.25, 0.3) is 11.0 Å². The van der Waals surface area contributed by atoms with Crippen LogP contribution < -0.4 is 10.2 Å². The Bertz CT molecular complexity index is 593. The molecular weight excluding hydrogens is 264 g/mol. The van der Waals surface area contributed by atoms with Crippen molar-refractivity contribution in [3.8, 4) is 0 Å². The van der Waals surface area contributed by atoms with Crippen molar-refractivity contribution in [3.63, 3.8) is 0 Å². The molecule has 0 spiro atoms. The fourth-order valence-electron chi connectivity index (χ4n) is 3.25. The molecule has 3 heterocycles. The molecule has 2 N–H and O–H groups in total. The van der Waals surface area contributed by atoms with E-state index < -0.39 is 0 Å². The van der Waals surface area contributed by atoms with E-state index in [1.165, 1.54) is 32.1 Å². The van der Waals surface area contributed by atoms with Crippen LogP contribution in [0.4, 0.5) is 11.8 Å². The van der Waals surface area contributed by atoms with E-state index in [9.17, 15) is 0 Å². The number of rotatable bonds is 4. The van der Waals surface area contributed by atoms with Crippen LogP contribution in [-0.4, -0.2) is 40.3 Å². The summed E-state index contributed by atoms with van der Waals surface area (Å²) in [6.07, 6.45) is 8.30. The number of hydrogen-bond acceptors (Lipinski definition) is 5. The van der Waals surface area contributed by atoms with E-state index in [0.29, 0.717) is 5.95 Å². The highest BCUT2D eigenvalue weighted by molar-refractivity contribution is 5.87. The van der Waals surface area contributed by atoms with Crippen LogP contribution in [-0.2, 0) is 0 Å².